The fourth-order valence-electron chi connectivity index (χ4n) is 1.74. The van der Waals surface area contributed by atoms with Crippen LogP contribution in [0, 0.1) is 5.82 Å². The van der Waals surface area contributed by atoms with E-state index in [0.29, 0.717) is 5.56 Å². The Labute approximate surface area is 119 Å². The summed E-state index contributed by atoms with van der Waals surface area (Å²) >= 11 is 3.40. The zero-order valence-electron chi connectivity index (χ0n) is 10.4. The molecule has 2 aromatic rings. The maximum Gasteiger partial charge on any atom is 0.251 e. The highest BCUT2D eigenvalue weighted by Crippen LogP contribution is 2.18. The van der Waals surface area contributed by atoms with Crippen molar-refractivity contribution in [3.63, 3.8) is 0 Å². The Hall–Kier alpha value is -1.68. The summed E-state index contributed by atoms with van der Waals surface area (Å²) < 4.78 is 13.8. The van der Waals surface area contributed by atoms with Crippen molar-refractivity contribution in [1.29, 1.82) is 0 Å². The molecule has 0 fully saturated rings. The van der Waals surface area contributed by atoms with Gasteiger partial charge in [-0.25, -0.2) is 4.39 Å². The summed E-state index contributed by atoms with van der Waals surface area (Å²) in [4.78, 5) is 12.0. The fraction of sp³-hybridized carbons (Fsp3) is 0.133. The monoisotopic (exact) mass is 321 g/mol. The molecule has 1 atom stereocenters. The Morgan fingerprint density at radius 1 is 1.21 bits per heavy atom. The highest BCUT2D eigenvalue weighted by atomic mass is 79.9. The van der Waals surface area contributed by atoms with Crippen LogP contribution in [-0.4, -0.2) is 5.91 Å². The molecular formula is C15H13BrFNO. The Morgan fingerprint density at radius 3 is 2.53 bits per heavy atom. The summed E-state index contributed by atoms with van der Waals surface area (Å²) in [5.41, 5.74) is 1.45. The average Bonchev–Trinajstić information content (AvgIpc) is 2.39. The molecule has 2 aromatic carbocycles. The molecule has 2 nitrogen and oxygen atoms in total. The van der Waals surface area contributed by atoms with Crippen LogP contribution < -0.4 is 5.32 Å². The van der Waals surface area contributed by atoms with Crippen LogP contribution in [0.3, 0.4) is 0 Å². The first-order chi connectivity index (χ1) is 9.06. The number of amides is 1. The Balaban J connectivity index is 2.08. The molecule has 2 rings (SSSR count). The first kappa shape index (κ1) is 13.7. The average molecular weight is 322 g/mol. The second kappa shape index (κ2) is 5.97. The molecule has 0 aliphatic heterocycles. The van der Waals surface area contributed by atoms with Crippen molar-refractivity contribution in [2.75, 3.05) is 0 Å². The number of halogens is 2. The molecule has 0 spiro atoms. The number of nitrogens with one attached hydrogen (secondary N) is 1. The van der Waals surface area contributed by atoms with E-state index in [1.165, 1.54) is 24.3 Å². The molecule has 1 N–H and O–H groups in total. The predicted octanol–water partition coefficient (Wildman–Crippen LogP) is 4.08. The normalized spacial score (nSPS) is 11.9. The van der Waals surface area contributed by atoms with Gasteiger partial charge in [0, 0.05) is 10.0 Å². The molecular weight excluding hydrogens is 309 g/mol. The summed E-state index contributed by atoms with van der Waals surface area (Å²) in [5.74, 6) is -0.566. The predicted molar refractivity (Wildman–Crippen MR) is 76.4 cm³/mol. The third-order valence-electron chi connectivity index (χ3n) is 2.80. The molecule has 19 heavy (non-hydrogen) atoms. The van der Waals surface area contributed by atoms with Crippen LogP contribution in [-0.2, 0) is 0 Å². The second-order valence-corrected chi connectivity index (χ2v) is 5.17. The maximum absolute atomic E-state index is 12.8. The van der Waals surface area contributed by atoms with Gasteiger partial charge in [0.05, 0.1) is 6.04 Å². The van der Waals surface area contributed by atoms with Gasteiger partial charge < -0.3 is 5.32 Å². The molecule has 1 amide bonds. The number of carbonyl (C=O) groups excluding carboxylic acids is 1. The topological polar surface area (TPSA) is 29.1 Å². The van der Waals surface area contributed by atoms with E-state index >= 15 is 0 Å². The van der Waals surface area contributed by atoms with Crippen molar-refractivity contribution in [3.8, 4) is 0 Å². The second-order valence-electron chi connectivity index (χ2n) is 4.26. The van der Waals surface area contributed by atoms with Crippen LogP contribution in [0.2, 0.25) is 0 Å². The van der Waals surface area contributed by atoms with Gasteiger partial charge >= 0.3 is 0 Å². The molecule has 0 radical (unpaired) electrons. The SMILES string of the molecule is C[C@H](NC(=O)c1ccc(F)cc1)c1cccc(Br)c1. The van der Waals surface area contributed by atoms with Crippen molar-refractivity contribution in [2.24, 2.45) is 0 Å². The minimum absolute atomic E-state index is 0.116. The minimum Gasteiger partial charge on any atom is -0.346 e. The van der Waals surface area contributed by atoms with Gasteiger partial charge in [0.25, 0.3) is 5.91 Å². The van der Waals surface area contributed by atoms with E-state index in [9.17, 15) is 9.18 Å². The van der Waals surface area contributed by atoms with Crippen LogP contribution in [0.4, 0.5) is 4.39 Å². The number of benzene rings is 2. The third-order valence-corrected chi connectivity index (χ3v) is 3.30. The lowest BCUT2D eigenvalue weighted by Gasteiger charge is -2.14. The van der Waals surface area contributed by atoms with Crippen molar-refractivity contribution in [3.05, 3.63) is 69.9 Å². The van der Waals surface area contributed by atoms with E-state index in [4.69, 9.17) is 0 Å². The molecule has 98 valence electrons. The molecule has 4 heteroatoms. The van der Waals surface area contributed by atoms with Gasteiger partial charge in [0.2, 0.25) is 0 Å². The largest absolute Gasteiger partial charge is 0.346 e. The summed E-state index contributed by atoms with van der Waals surface area (Å²) in [7, 11) is 0. The van der Waals surface area contributed by atoms with E-state index in [1.807, 2.05) is 31.2 Å². The molecule has 0 saturated carbocycles. The van der Waals surface area contributed by atoms with Gasteiger partial charge in [0.15, 0.2) is 0 Å². The maximum atomic E-state index is 12.8. The molecule has 0 unspecified atom stereocenters. The first-order valence-corrected chi connectivity index (χ1v) is 6.67. The summed E-state index contributed by atoms with van der Waals surface area (Å²) in [6, 6.07) is 13.1. The molecule has 0 bridgehead atoms. The van der Waals surface area contributed by atoms with E-state index < -0.39 is 0 Å². The highest BCUT2D eigenvalue weighted by molar-refractivity contribution is 9.10. The third kappa shape index (κ3) is 3.64. The van der Waals surface area contributed by atoms with Gasteiger partial charge in [-0.15, -0.1) is 0 Å². The van der Waals surface area contributed by atoms with Crippen molar-refractivity contribution < 1.29 is 9.18 Å². The van der Waals surface area contributed by atoms with Crippen LogP contribution in [0.25, 0.3) is 0 Å². The van der Waals surface area contributed by atoms with Crippen molar-refractivity contribution in [1.82, 2.24) is 5.32 Å². The minimum atomic E-state index is -0.350. The van der Waals surface area contributed by atoms with Gasteiger partial charge in [-0.05, 0) is 48.9 Å². The van der Waals surface area contributed by atoms with Gasteiger partial charge in [-0.2, -0.15) is 0 Å². The van der Waals surface area contributed by atoms with Crippen LogP contribution in [0.15, 0.2) is 53.0 Å². The van der Waals surface area contributed by atoms with Gasteiger partial charge in [-0.3, -0.25) is 4.79 Å². The number of hydrogen-bond donors (Lipinski definition) is 1. The number of rotatable bonds is 3. The van der Waals surface area contributed by atoms with Gasteiger partial charge in [0.1, 0.15) is 5.82 Å². The highest BCUT2D eigenvalue weighted by Gasteiger charge is 2.11. The van der Waals surface area contributed by atoms with Crippen LogP contribution in [0.5, 0.6) is 0 Å². The molecule has 0 saturated heterocycles. The lowest BCUT2D eigenvalue weighted by Crippen LogP contribution is -2.26. The van der Waals surface area contributed by atoms with Gasteiger partial charge in [-0.1, -0.05) is 28.1 Å². The Kier molecular flexibility index (Phi) is 4.32. The Morgan fingerprint density at radius 2 is 1.89 bits per heavy atom. The number of carbonyl (C=O) groups is 1. The fourth-order valence-corrected chi connectivity index (χ4v) is 2.16. The van der Waals surface area contributed by atoms with E-state index in [2.05, 4.69) is 21.2 Å². The summed E-state index contributed by atoms with van der Waals surface area (Å²) in [5, 5.41) is 2.88. The number of hydrogen-bond acceptors (Lipinski definition) is 1. The summed E-state index contributed by atoms with van der Waals surface area (Å²) in [6.45, 7) is 1.91. The molecule has 0 heterocycles. The molecule has 0 aromatic heterocycles. The van der Waals surface area contributed by atoms with Crippen molar-refractivity contribution >= 4 is 21.8 Å². The van der Waals surface area contributed by atoms with Crippen LogP contribution >= 0.6 is 15.9 Å². The standard InChI is InChI=1S/C15H13BrFNO/c1-10(12-3-2-4-13(16)9-12)18-15(19)11-5-7-14(17)8-6-11/h2-10H,1H3,(H,18,19)/t10-/m0/s1. The van der Waals surface area contributed by atoms with E-state index in [-0.39, 0.29) is 17.8 Å². The molecule has 0 aliphatic carbocycles. The lowest BCUT2D eigenvalue weighted by molar-refractivity contribution is 0.0940. The smallest absolute Gasteiger partial charge is 0.251 e. The van der Waals surface area contributed by atoms with E-state index in [0.717, 1.165) is 10.0 Å². The molecule has 0 aliphatic rings. The van der Waals surface area contributed by atoms with Crippen molar-refractivity contribution in [2.45, 2.75) is 13.0 Å². The van der Waals surface area contributed by atoms with Crippen LogP contribution in [0.1, 0.15) is 28.9 Å². The first-order valence-electron chi connectivity index (χ1n) is 5.88. The van der Waals surface area contributed by atoms with E-state index in [1.54, 1.807) is 0 Å². The Bertz CT molecular complexity index is 583. The lowest BCUT2D eigenvalue weighted by atomic mass is 10.1. The summed E-state index contributed by atoms with van der Waals surface area (Å²) in [6.07, 6.45) is 0. The zero-order valence-corrected chi connectivity index (χ0v) is 11.9. The zero-order chi connectivity index (χ0) is 13.8. The quantitative estimate of drug-likeness (QED) is 0.906.